The second kappa shape index (κ2) is 7.21. The molecule has 0 radical (unpaired) electrons. The van der Waals surface area contributed by atoms with Crippen LogP contribution in [-0.2, 0) is 19.9 Å². The quantitative estimate of drug-likeness (QED) is 0.753. The van der Waals surface area contributed by atoms with Crippen molar-refractivity contribution in [2.75, 3.05) is 30.9 Å². The first kappa shape index (κ1) is 19.1. The van der Waals surface area contributed by atoms with E-state index in [9.17, 15) is 16.8 Å². The van der Waals surface area contributed by atoms with Crippen LogP contribution in [0.15, 0.2) is 0 Å². The number of nitrogens with zero attached hydrogens (tertiary/aromatic N) is 1. The topological polar surface area (TPSA) is 97.5 Å². The molecule has 9 heteroatoms. The first-order valence-corrected chi connectivity index (χ1v) is 9.71. The third kappa shape index (κ3) is 5.55. The first-order chi connectivity index (χ1) is 8.17. The number of nitrogens with two attached hydrogens (primary N) is 1. The van der Waals surface area contributed by atoms with Crippen molar-refractivity contribution in [3.05, 3.63) is 0 Å². The Morgan fingerprint density at radius 1 is 1.21 bits per heavy atom. The molecule has 1 heterocycles. The van der Waals surface area contributed by atoms with Gasteiger partial charge in [-0.3, -0.25) is 0 Å². The number of piperidine rings is 1. The van der Waals surface area contributed by atoms with Gasteiger partial charge in [0.05, 0.1) is 11.5 Å². The first-order valence-electron chi connectivity index (χ1n) is 6.04. The van der Waals surface area contributed by atoms with Crippen molar-refractivity contribution < 1.29 is 16.8 Å². The normalized spacial score (nSPS) is 25.8. The summed E-state index contributed by atoms with van der Waals surface area (Å²) in [5.74, 6) is -0.469. The Labute approximate surface area is 122 Å². The Balaban J connectivity index is 0.00000324. The van der Waals surface area contributed by atoms with Gasteiger partial charge in [0.15, 0.2) is 0 Å². The highest BCUT2D eigenvalue weighted by molar-refractivity contribution is 7.93. The smallest absolute Gasteiger partial charge is 0.215 e. The molecule has 0 bridgehead atoms. The molecule has 0 aromatic carbocycles. The number of sulfonamides is 1. The largest absolute Gasteiger partial charge is 0.329 e. The number of rotatable bonds is 5. The molecule has 2 N–H and O–H groups in total. The number of sulfone groups is 1. The van der Waals surface area contributed by atoms with Crippen LogP contribution in [0.3, 0.4) is 0 Å². The predicted molar refractivity (Wildman–Crippen MR) is 78.7 cm³/mol. The van der Waals surface area contributed by atoms with E-state index in [1.165, 1.54) is 4.31 Å². The van der Waals surface area contributed by atoms with E-state index >= 15 is 0 Å². The number of halogens is 1. The van der Waals surface area contributed by atoms with E-state index in [2.05, 4.69) is 0 Å². The lowest BCUT2D eigenvalue weighted by Gasteiger charge is -2.38. The van der Waals surface area contributed by atoms with Gasteiger partial charge in [-0.15, -0.1) is 12.4 Å². The van der Waals surface area contributed by atoms with Crippen LogP contribution in [0.4, 0.5) is 0 Å². The third-order valence-corrected chi connectivity index (χ3v) is 6.47. The summed E-state index contributed by atoms with van der Waals surface area (Å²) in [4.78, 5) is 0. The predicted octanol–water partition coefficient (Wildman–Crippen LogP) is -0.158. The molecule has 1 saturated heterocycles. The van der Waals surface area contributed by atoms with E-state index in [1.54, 1.807) is 0 Å². The summed E-state index contributed by atoms with van der Waals surface area (Å²) in [6, 6.07) is -0.205. The van der Waals surface area contributed by atoms with Gasteiger partial charge in [0.2, 0.25) is 10.0 Å². The van der Waals surface area contributed by atoms with Crippen molar-refractivity contribution in [3.63, 3.8) is 0 Å². The monoisotopic (exact) mass is 334 g/mol. The average molecular weight is 335 g/mol. The summed E-state index contributed by atoms with van der Waals surface area (Å²) in [6.45, 7) is 2.70. The molecule has 2 unspecified atom stereocenters. The summed E-state index contributed by atoms with van der Waals surface area (Å²) >= 11 is 0. The summed E-state index contributed by atoms with van der Waals surface area (Å²) in [5, 5.41) is 0. The Kier molecular flexibility index (Phi) is 7.26. The fraction of sp³-hybridized carbons (Fsp3) is 1.00. The molecular weight excluding hydrogens is 312 g/mol. The molecule has 6 nitrogen and oxygen atoms in total. The molecule has 0 aromatic heterocycles. The molecule has 1 aliphatic heterocycles. The highest BCUT2D eigenvalue weighted by Gasteiger charge is 2.35. The van der Waals surface area contributed by atoms with Crippen LogP contribution < -0.4 is 5.73 Å². The molecule has 116 valence electrons. The van der Waals surface area contributed by atoms with Gasteiger partial charge in [-0.2, -0.15) is 4.31 Å². The lowest BCUT2D eigenvalue weighted by Crippen LogP contribution is -2.52. The summed E-state index contributed by atoms with van der Waals surface area (Å²) < 4.78 is 47.8. The van der Waals surface area contributed by atoms with Crippen LogP contribution >= 0.6 is 12.4 Å². The van der Waals surface area contributed by atoms with Crippen molar-refractivity contribution in [3.8, 4) is 0 Å². The zero-order chi connectivity index (χ0) is 14.0. The third-order valence-electron chi connectivity index (χ3n) is 3.38. The van der Waals surface area contributed by atoms with Crippen molar-refractivity contribution in [2.45, 2.75) is 25.8 Å². The van der Waals surface area contributed by atoms with Gasteiger partial charge in [-0.05, 0) is 18.8 Å². The molecule has 0 aliphatic carbocycles. The zero-order valence-electron chi connectivity index (χ0n) is 11.3. The lowest BCUT2D eigenvalue weighted by atomic mass is 9.93. The highest BCUT2D eigenvalue weighted by Crippen LogP contribution is 2.25. The van der Waals surface area contributed by atoms with Gasteiger partial charge in [-0.1, -0.05) is 6.92 Å². The molecule has 0 saturated carbocycles. The fourth-order valence-electron chi connectivity index (χ4n) is 2.28. The maximum absolute atomic E-state index is 12.2. The van der Waals surface area contributed by atoms with Crippen molar-refractivity contribution in [2.24, 2.45) is 11.7 Å². The number of hydrogen-bond donors (Lipinski definition) is 1. The van der Waals surface area contributed by atoms with Crippen molar-refractivity contribution in [1.82, 2.24) is 4.31 Å². The van der Waals surface area contributed by atoms with E-state index in [1.807, 2.05) is 6.92 Å². The Bertz CT molecular complexity index is 478. The van der Waals surface area contributed by atoms with Gasteiger partial charge < -0.3 is 5.73 Å². The SMILES string of the molecule is CC1CCCN(S(=O)(=O)CCS(C)(=O)=O)C1CN.Cl. The second-order valence-corrected chi connectivity index (χ2v) is 9.28. The van der Waals surface area contributed by atoms with Gasteiger partial charge in [0.25, 0.3) is 0 Å². The maximum atomic E-state index is 12.2. The van der Waals surface area contributed by atoms with Crippen LogP contribution in [0.25, 0.3) is 0 Å². The van der Waals surface area contributed by atoms with Crippen LogP contribution in [-0.4, -0.2) is 58.0 Å². The Hall–Kier alpha value is 0.110. The van der Waals surface area contributed by atoms with Crippen molar-refractivity contribution >= 4 is 32.3 Å². The molecule has 1 aliphatic rings. The van der Waals surface area contributed by atoms with E-state index in [4.69, 9.17) is 5.73 Å². The van der Waals surface area contributed by atoms with E-state index < -0.39 is 19.9 Å². The van der Waals surface area contributed by atoms with Crippen LogP contribution in [0.2, 0.25) is 0 Å². The molecule has 2 atom stereocenters. The maximum Gasteiger partial charge on any atom is 0.215 e. The van der Waals surface area contributed by atoms with E-state index in [-0.39, 0.29) is 42.4 Å². The molecule has 1 rings (SSSR count). The summed E-state index contributed by atoms with van der Waals surface area (Å²) in [7, 11) is -6.81. The lowest BCUT2D eigenvalue weighted by molar-refractivity contribution is 0.193. The summed E-state index contributed by atoms with van der Waals surface area (Å²) in [5.41, 5.74) is 5.64. The Morgan fingerprint density at radius 2 is 1.79 bits per heavy atom. The molecule has 0 spiro atoms. The van der Waals surface area contributed by atoms with E-state index in [0.29, 0.717) is 6.54 Å². The van der Waals surface area contributed by atoms with Crippen LogP contribution in [0.1, 0.15) is 19.8 Å². The minimum atomic E-state index is -3.54. The van der Waals surface area contributed by atoms with Crippen molar-refractivity contribution in [1.29, 1.82) is 0 Å². The van der Waals surface area contributed by atoms with Gasteiger partial charge in [-0.25, -0.2) is 16.8 Å². The molecule has 19 heavy (non-hydrogen) atoms. The summed E-state index contributed by atoms with van der Waals surface area (Å²) in [6.07, 6.45) is 2.80. The zero-order valence-corrected chi connectivity index (χ0v) is 13.7. The highest BCUT2D eigenvalue weighted by atomic mass is 35.5. The van der Waals surface area contributed by atoms with Gasteiger partial charge in [0, 0.05) is 25.4 Å². The Morgan fingerprint density at radius 3 is 2.26 bits per heavy atom. The molecule has 0 aromatic rings. The van der Waals surface area contributed by atoms with Crippen LogP contribution in [0, 0.1) is 5.92 Å². The minimum absolute atomic E-state index is 0. The number of hydrogen-bond acceptors (Lipinski definition) is 5. The standard InChI is InChI=1S/C10H22N2O4S2.ClH/c1-9-4-3-5-12(10(9)8-11)18(15,16)7-6-17(2,13)14;/h9-10H,3-8,11H2,1-2H3;1H. The van der Waals surface area contributed by atoms with Crippen LogP contribution in [0.5, 0.6) is 0 Å². The molecular formula is C10H23ClN2O4S2. The van der Waals surface area contributed by atoms with Gasteiger partial charge in [0.1, 0.15) is 9.84 Å². The van der Waals surface area contributed by atoms with Gasteiger partial charge >= 0.3 is 0 Å². The molecule has 1 fully saturated rings. The fourth-order valence-corrected chi connectivity index (χ4v) is 5.68. The average Bonchev–Trinajstić information content (AvgIpc) is 2.25. The minimum Gasteiger partial charge on any atom is -0.329 e. The molecule has 0 amide bonds. The van der Waals surface area contributed by atoms with E-state index in [0.717, 1.165) is 19.1 Å². The second-order valence-electron chi connectivity index (χ2n) is 4.98.